The van der Waals surface area contributed by atoms with Crippen LogP contribution in [0.2, 0.25) is 0 Å². The third kappa shape index (κ3) is 2.34. The van der Waals surface area contributed by atoms with Gasteiger partial charge in [-0.15, -0.1) is 0 Å². The summed E-state index contributed by atoms with van der Waals surface area (Å²) in [6.07, 6.45) is 1.13. The first-order valence-electron chi connectivity index (χ1n) is 4.11. The van der Waals surface area contributed by atoms with Crippen molar-refractivity contribution < 1.29 is 5.53 Å². The van der Waals surface area contributed by atoms with Crippen LogP contribution in [0.5, 0.6) is 0 Å². The summed E-state index contributed by atoms with van der Waals surface area (Å²) in [6.45, 7) is 3.13. The summed E-state index contributed by atoms with van der Waals surface area (Å²) in [6, 6.07) is 7.72. The van der Waals surface area contributed by atoms with Crippen molar-refractivity contribution in [2.24, 2.45) is 5.11 Å². The van der Waals surface area contributed by atoms with Gasteiger partial charge in [0.2, 0.25) is 0 Å². The van der Waals surface area contributed by atoms with E-state index in [-0.39, 0.29) is 0 Å². The molecule has 0 spiro atoms. The SMILES string of the molecule is CCCNc1ccc(N=[NH2+])cc1. The summed E-state index contributed by atoms with van der Waals surface area (Å²) < 4.78 is 0. The molecule has 0 amide bonds. The molecule has 0 aliphatic carbocycles. The van der Waals surface area contributed by atoms with Crippen molar-refractivity contribution >= 4 is 11.4 Å². The lowest BCUT2D eigenvalue weighted by molar-refractivity contribution is -0.210. The highest BCUT2D eigenvalue weighted by Gasteiger charge is 1.92. The van der Waals surface area contributed by atoms with Gasteiger partial charge < -0.3 is 5.32 Å². The number of hydrogen-bond donors (Lipinski definition) is 2. The first-order valence-corrected chi connectivity index (χ1v) is 4.11. The maximum absolute atomic E-state index is 5.10. The van der Waals surface area contributed by atoms with Crippen LogP contribution in [0.15, 0.2) is 29.4 Å². The fraction of sp³-hybridized carbons (Fsp3) is 0.333. The predicted molar refractivity (Wildman–Crippen MR) is 49.2 cm³/mol. The van der Waals surface area contributed by atoms with Gasteiger partial charge in [0.25, 0.3) is 0 Å². The minimum Gasteiger partial charge on any atom is -0.385 e. The van der Waals surface area contributed by atoms with Gasteiger partial charge in [-0.25, -0.2) is 0 Å². The Morgan fingerprint density at radius 1 is 1.33 bits per heavy atom. The van der Waals surface area contributed by atoms with E-state index in [4.69, 9.17) is 5.53 Å². The van der Waals surface area contributed by atoms with Crippen molar-refractivity contribution in [3.05, 3.63) is 24.3 Å². The zero-order valence-electron chi connectivity index (χ0n) is 7.25. The highest BCUT2D eigenvalue weighted by molar-refractivity contribution is 5.50. The summed E-state index contributed by atoms with van der Waals surface area (Å²) in [5, 5.41) is 6.83. The van der Waals surface area contributed by atoms with E-state index in [0.29, 0.717) is 0 Å². The molecular formula is C9H14N3+. The maximum Gasteiger partial charge on any atom is 0.130 e. The highest BCUT2D eigenvalue weighted by Crippen LogP contribution is 2.14. The molecule has 0 aromatic heterocycles. The molecule has 0 heterocycles. The molecule has 1 aromatic carbocycles. The van der Waals surface area contributed by atoms with Crippen LogP contribution in [-0.4, -0.2) is 6.54 Å². The van der Waals surface area contributed by atoms with Gasteiger partial charge >= 0.3 is 0 Å². The van der Waals surface area contributed by atoms with Gasteiger partial charge in [-0.05, 0) is 35.8 Å². The molecule has 0 radical (unpaired) electrons. The second-order valence-corrected chi connectivity index (χ2v) is 2.60. The van der Waals surface area contributed by atoms with Gasteiger partial charge in [0.15, 0.2) is 0 Å². The minimum atomic E-state index is 0.803. The molecule has 0 fully saturated rings. The van der Waals surface area contributed by atoms with Gasteiger partial charge in [-0.1, -0.05) is 6.92 Å². The Bertz CT molecular complexity index is 240. The first-order chi connectivity index (χ1) is 5.86. The molecule has 3 heteroatoms. The van der Waals surface area contributed by atoms with Crippen LogP contribution in [0, 0.1) is 0 Å². The number of nitrogens with zero attached hydrogens (tertiary/aromatic N) is 1. The fourth-order valence-corrected chi connectivity index (χ4v) is 0.935. The Balaban J connectivity index is 2.58. The lowest BCUT2D eigenvalue weighted by Crippen LogP contribution is -2.21. The Morgan fingerprint density at radius 3 is 2.50 bits per heavy atom. The lowest BCUT2D eigenvalue weighted by atomic mass is 10.3. The average Bonchev–Trinajstić information content (AvgIpc) is 2.15. The van der Waals surface area contributed by atoms with Gasteiger partial charge in [-0.2, -0.15) is 5.53 Å². The van der Waals surface area contributed by atoms with E-state index < -0.39 is 0 Å². The van der Waals surface area contributed by atoms with E-state index in [1.165, 1.54) is 0 Å². The molecule has 0 aliphatic heterocycles. The van der Waals surface area contributed by atoms with Crippen molar-refractivity contribution in [3.8, 4) is 0 Å². The summed E-state index contributed by atoms with van der Waals surface area (Å²) in [5.41, 5.74) is 7.02. The second kappa shape index (κ2) is 4.49. The first kappa shape index (κ1) is 8.71. The normalized spacial score (nSPS) is 9.42. The van der Waals surface area contributed by atoms with Crippen LogP contribution in [-0.2, 0) is 0 Å². The quantitative estimate of drug-likeness (QED) is 0.648. The van der Waals surface area contributed by atoms with Crippen molar-refractivity contribution in [2.45, 2.75) is 13.3 Å². The topological polar surface area (TPSA) is 50.0 Å². The number of nitrogens with one attached hydrogen (secondary N) is 1. The van der Waals surface area contributed by atoms with Crippen molar-refractivity contribution in [2.75, 3.05) is 11.9 Å². The molecule has 3 N–H and O–H groups in total. The fourth-order valence-electron chi connectivity index (χ4n) is 0.935. The molecular weight excluding hydrogens is 150 g/mol. The number of benzene rings is 1. The van der Waals surface area contributed by atoms with E-state index >= 15 is 0 Å². The van der Waals surface area contributed by atoms with Crippen LogP contribution in [0.4, 0.5) is 11.4 Å². The highest BCUT2D eigenvalue weighted by atomic mass is 15.0. The number of anilines is 1. The van der Waals surface area contributed by atoms with E-state index in [0.717, 1.165) is 24.3 Å². The predicted octanol–water partition coefficient (Wildman–Crippen LogP) is 1.35. The van der Waals surface area contributed by atoms with Gasteiger partial charge in [-0.3, -0.25) is 0 Å². The standard InChI is InChI=1S/C9H13N3/c1-2-7-11-8-3-5-9(12-10)6-4-8/h3-6,10-11H,2,7H2,1H3/p+1. The summed E-state index contributed by atoms with van der Waals surface area (Å²) in [5.74, 6) is 0. The van der Waals surface area contributed by atoms with E-state index in [1.54, 1.807) is 0 Å². The van der Waals surface area contributed by atoms with Crippen LogP contribution in [0.25, 0.3) is 0 Å². The number of nitrogens with two attached hydrogens (primary N) is 1. The molecule has 0 saturated carbocycles. The molecule has 64 valence electrons. The molecule has 0 atom stereocenters. The Labute approximate surface area is 72.3 Å². The Kier molecular flexibility index (Phi) is 3.26. The van der Waals surface area contributed by atoms with E-state index in [1.807, 2.05) is 24.3 Å². The molecule has 3 nitrogen and oxygen atoms in total. The molecule has 0 saturated heterocycles. The monoisotopic (exact) mass is 164 g/mol. The molecule has 1 aromatic rings. The average molecular weight is 164 g/mol. The van der Waals surface area contributed by atoms with Crippen molar-refractivity contribution in [1.29, 1.82) is 0 Å². The zero-order valence-corrected chi connectivity index (χ0v) is 7.25. The van der Waals surface area contributed by atoms with Crippen LogP contribution >= 0.6 is 0 Å². The van der Waals surface area contributed by atoms with Gasteiger partial charge in [0.1, 0.15) is 5.69 Å². The van der Waals surface area contributed by atoms with Crippen LogP contribution in [0.3, 0.4) is 0 Å². The molecule has 1 rings (SSSR count). The zero-order chi connectivity index (χ0) is 8.81. The molecule has 0 bridgehead atoms. The van der Waals surface area contributed by atoms with Gasteiger partial charge in [0.05, 0.1) is 0 Å². The van der Waals surface area contributed by atoms with Crippen molar-refractivity contribution in [3.63, 3.8) is 0 Å². The smallest absolute Gasteiger partial charge is 0.130 e. The molecule has 0 unspecified atom stereocenters. The second-order valence-electron chi connectivity index (χ2n) is 2.60. The summed E-state index contributed by atoms with van der Waals surface area (Å²) in [7, 11) is 0. The van der Waals surface area contributed by atoms with Crippen LogP contribution in [0.1, 0.15) is 13.3 Å². The summed E-state index contributed by atoms with van der Waals surface area (Å²) in [4.78, 5) is 0. The lowest BCUT2D eigenvalue weighted by Gasteiger charge is -2.02. The molecule has 12 heavy (non-hydrogen) atoms. The van der Waals surface area contributed by atoms with Gasteiger partial charge in [0, 0.05) is 12.2 Å². The van der Waals surface area contributed by atoms with E-state index in [2.05, 4.69) is 17.4 Å². The molecule has 0 aliphatic rings. The van der Waals surface area contributed by atoms with Crippen LogP contribution < -0.4 is 10.8 Å². The largest absolute Gasteiger partial charge is 0.385 e. The maximum atomic E-state index is 5.10. The Morgan fingerprint density at radius 2 is 2.00 bits per heavy atom. The minimum absolute atomic E-state index is 0.803. The van der Waals surface area contributed by atoms with E-state index in [9.17, 15) is 0 Å². The van der Waals surface area contributed by atoms with Crippen molar-refractivity contribution in [1.82, 2.24) is 0 Å². The summed E-state index contributed by atoms with van der Waals surface area (Å²) >= 11 is 0. The number of rotatable bonds is 4. The third-order valence-corrected chi connectivity index (χ3v) is 1.60. The third-order valence-electron chi connectivity index (χ3n) is 1.60. The Hall–Kier alpha value is -1.38. The number of hydrogen-bond acceptors (Lipinski definition) is 2.